The lowest BCUT2D eigenvalue weighted by Gasteiger charge is -2.33. The molecule has 6 nitrogen and oxygen atoms in total. The second-order valence-electron chi connectivity index (χ2n) is 5.54. The van der Waals surface area contributed by atoms with Crippen molar-refractivity contribution in [2.75, 3.05) is 13.7 Å². The third-order valence-electron chi connectivity index (χ3n) is 3.47. The molecule has 0 amide bonds. The van der Waals surface area contributed by atoms with Gasteiger partial charge in [-0.25, -0.2) is 4.79 Å². The molecule has 0 aromatic heterocycles. The molecular weight excluding hydrogens is 455 g/mol. The number of hydrogen-bond donors (Lipinski definition) is 1. The smallest absolute Gasteiger partial charge is 0.460 e. The van der Waals surface area contributed by atoms with Crippen LogP contribution in [-0.4, -0.2) is 48.7 Å². The minimum Gasteiger partial charge on any atom is -0.504 e. The number of aliphatic hydroxyl groups excluding tert-OH is 1. The molecule has 0 heterocycles. The zero-order valence-corrected chi connectivity index (χ0v) is 15.5. The average molecular weight is 468 g/mol. The number of azo groups is 1. The summed E-state index contributed by atoms with van der Waals surface area (Å²) in [4.78, 5) is 11.7. The van der Waals surface area contributed by atoms with Crippen molar-refractivity contribution in [1.29, 1.82) is 0 Å². The molecule has 0 atom stereocenters. The molecule has 0 unspecified atom stereocenters. The van der Waals surface area contributed by atoms with Crippen molar-refractivity contribution in [1.82, 2.24) is 0 Å². The highest BCUT2D eigenvalue weighted by Crippen LogP contribution is 2.55. The first-order valence-electron chi connectivity index (χ1n) is 7.91. The molecule has 31 heavy (non-hydrogen) atoms. The van der Waals surface area contributed by atoms with Gasteiger partial charge in [-0.15, -0.1) is 5.11 Å². The normalized spacial score (nSPS) is 14.4. The highest BCUT2D eigenvalue weighted by molar-refractivity contribution is 5.88. The zero-order chi connectivity index (χ0) is 24.3. The third kappa shape index (κ3) is 5.02. The molecule has 0 fully saturated rings. The van der Waals surface area contributed by atoms with Gasteiger partial charge in [0.25, 0.3) is 0 Å². The van der Waals surface area contributed by atoms with Crippen molar-refractivity contribution in [2.45, 2.75) is 30.9 Å². The van der Waals surface area contributed by atoms with Gasteiger partial charge in [-0.2, -0.15) is 44.6 Å². The van der Waals surface area contributed by atoms with Crippen molar-refractivity contribution in [2.24, 2.45) is 10.2 Å². The summed E-state index contributed by atoms with van der Waals surface area (Å²) < 4.78 is 127. The fourth-order valence-electron chi connectivity index (χ4n) is 1.81. The van der Waals surface area contributed by atoms with E-state index in [0.717, 1.165) is 19.1 Å². The predicted octanol–water partition coefficient (Wildman–Crippen LogP) is 5.58. The van der Waals surface area contributed by atoms with E-state index in [1.165, 1.54) is 19.2 Å². The second kappa shape index (κ2) is 9.01. The Kier molecular flexibility index (Phi) is 7.57. The Morgan fingerprint density at radius 3 is 1.90 bits per heavy atom. The highest BCUT2D eigenvalue weighted by Gasteiger charge is 2.83. The molecule has 1 aromatic carbocycles. The molecular formula is C16H13F9N2O4. The molecule has 0 spiro atoms. The molecule has 1 aromatic rings. The summed E-state index contributed by atoms with van der Waals surface area (Å²) >= 11 is 0. The van der Waals surface area contributed by atoms with E-state index >= 15 is 0 Å². The molecule has 15 heteroatoms. The molecule has 1 rings (SSSR count). The molecule has 0 bridgehead atoms. The lowest BCUT2D eigenvalue weighted by Crippen LogP contribution is -2.61. The number of allylic oxidation sites excluding steroid dienone is 1. The van der Waals surface area contributed by atoms with E-state index in [9.17, 15) is 49.4 Å². The van der Waals surface area contributed by atoms with Gasteiger partial charge in [0.15, 0.2) is 0 Å². The molecule has 0 aliphatic carbocycles. The summed E-state index contributed by atoms with van der Waals surface area (Å²) in [6.45, 7) is 0.520. The van der Waals surface area contributed by atoms with Crippen LogP contribution >= 0.6 is 0 Å². The monoisotopic (exact) mass is 468 g/mol. The molecule has 0 aliphatic rings. The number of ether oxygens (including phenoxy) is 2. The maximum Gasteiger partial charge on any atom is 0.460 e. The Balaban J connectivity index is 3.57. The summed E-state index contributed by atoms with van der Waals surface area (Å²) in [5.41, 5.74) is -2.34. The van der Waals surface area contributed by atoms with Crippen molar-refractivity contribution >= 4 is 11.7 Å². The number of rotatable bonds is 8. The van der Waals surface area contributed by atoms with E-state index in [1.807, 2.05) is 0 Å². The van der Waals surface area contributed by atoms with Crippen LogP contribution in [0, 0.1) is 0 Å². The number of carbonyl (C=O) groups is 1. The first kappa shape index (κ1) is 26.0. The minimum atomic E-state index is -7.29. The number of methoxy groups -OCH3 is 1. The Morgan fingerprint density at radius 2 is 1.48 bits per heavy atom. The largest absolute Gasteiger partial charge is 0.504 e. The van der Waals surface area contributed by atoms with E-state index in [2.05, 4.69) is 15.0 Å². The zero-order valence-electron chi connectivity index (χ0n) is 15.5. The number of benzene rings is 1. The lowest BCUT2D eigenvalue weighted by atomic mass is 10.0. The van der Waals surface area contributed by atoms with Crippen molar-refractivity contribution < 1.29 is 58.9 Å². The SMILES string of the molecule is CCOC(=O)/C(N=Nc1ccc(OC)cc1)=C(\O)C(F)(F)C(F)(F)C(F)(F)C(F)(F)F. The van der Waals surface area contributed by atoms with Gasteiger partial charge in [0.05, 0.1) is 19.4 Å². The summed E-state index contributed by atoms with van der Waals surface area (Å²) in [5.74, 6) is -26.1. The van der Waals surface area contributed by atoms with Gasteiger partial charge in [-0.3, -0.25) is 0 Å². The van der Waals surface area contributed by atoms with Crippen LogP contribution in [0.5, 0.6) is 5.75 Å². The van der Waals surface area contributed by atoms with Crippen molar-refractivity contribution in [3.05, 3.63) is 35.7 Å². The van der Waals surface area contributed by atoms with Gasteiger partial charge in [0.1, 0.15) is 5.75 Å². The quantitative estimate of drug-likeness (QED) is 0.178. The van der Waals surface area contributed by atoms with Crippen LogP contribution in [0.4, 0.5) is 45.2 Å². The second-order valence-corrected chi connectivity index (χ2v) is 5.54. The molecule has 174 valence electrons. The van der Waals surface area contributed by atoms with Crippen LogP contribution < -0.4 is 4.74 Å². The van der Waals surface area contributed by atoms with Crippen LogP contribution in [0.25, 0.3) is 0 Å². The molecule has 1 N–H and O–H groups in total. The summed E-state index contributed by atoms with van der Waals surface area (Å²) in [7, 11) is 1.29. The Morgan fingerprint density at radius 1 is 0.968 bits per heavy atom. The predicted molar refractivity (Wildman–Crippen MR) is 84.7 cm³/mol. The fourth-order valence-corrected chi connectivity index (χ4v) is 1.81. The van der Waals surface area contributed by atoms with Crippen LogP contribution in [0.15, 0.2) is 46.0 Å². The third-order valence-corrected chi connectivity index (χ3v) is 3.47. The molecule has 0 radical (unpaired) electrons. The average Bonchev–Trinajstić information content (AvgIpc) is 2.67. The lowest BCUT2D eigenvalue weighted by molar-refractivity contribution is -0.392. The van der Waals surface area contributed by atoms with Gasteiger partial charge in [-0.05, 0) is 31.2 Å². The van der Waals surface area contributed by atoms with Gasteiger partial charge in [0.2, 0.25) is 11.5 Å². The van der Waals surface area contributed by atoms with E-state index in [0.29, 0.717) is 0 Å². The number of hydrogen-bond acceptors (Lipinski definition) is 6. The van der Waals surface area contributed by atoms with Crippen molar-refractivity contribution in [3.63, 3.8) is 0 Å². The maximum atomic E-state index is 13.9. The number of halogens is 9. The summed E-state index contributed by atoms with van der Waals surface area (Å²) in [6.07, 6.45) is -7.12. The number of nitrogens with zero attached hydrogens (tertiary/aromatic N) is 2. The minimum absolute atomic E-state index is 0.230. The topological polar surface area (TPSA) is 80.5 Å². The van der Waals surface area contributed by atoms with E-state index in [1.54, 1.807) is 0 Å². The van der Waals surface area contributed by atoms with Gasteiger partial charge < -0.3 is 14.6 Å². The van der Waals surface area contributed by atoms with Gasteiger partial charge >= 0.3 is 29.9 Å². The van der Waals surface area contributed by atoms with Crippen molar-refractivity contribution in [3.8, 4) is 5.75 Å². The number of esters is 1. The molecule has 0 saturated heterocycles. The summed E-state index contributed by atoms with van der Waals surface area (Å²) in [6, 6.07) is 4.75. The first-order valence-corrected chi connectivity index (χ1v) is 7.91. The Labute approximate surface area is 168 Å². The number of carbonyl (C=O) groups excluding carboxylic acids is 1. The van der Waals surface area contributed by atoms with Crippen LogP contribution in [0.1, 0.15) is 6.92 Å². The Hall–Kier alpha value is -3.00. The fraction of sp³-hybridized carbons (Fsp3) is 0.438. The van der Waals surface area contributed by atoms with Crippen LogP contribution in [0.2, 0.25) is 0 Å². The van der Waals surface area contributed by atoms with E-state index in [-0.39, 0.29) is 11.4 Å². The number of alkyl halides is 9. The first-order chi connectivity index (χ1) is 14.0. The standard InChI is InChI=1S/C16H13F9N2O4/c1-3-31-12(29)10(27-26-8-4-6-9(30-2)7-5-8)11(28)13(17,18)14(19,20)15(21,22)16(23,24)25/h4-7,28H,3H2,1-2H3/b11-10+,27-26?. The van der Waals surface area contributed by atoms with Gasteiger partial charge in [0, 0.05) is 0 Å². The summed E-state index contributed by atoms with van der Waals surface area (Å²) in [5, 5.41) is 15.4. The Bertz CT molecular complexity index is 850. The van der Waals surface area contributed by atoms with Gasteiger partial charge in [-0.1, -0.05) is 0 Å². The van der Waals surface area contributed by atoms with E-state index in [4.69, 9.17) is 4.74 Å². The van der Waals surface area contributed by atoms with Crippen LogP contribution in [0.3, 0.4) is 0 Å². The molecule has 0 saturated carbocycles. The van der Waals surface area contributed by atoms with E-state index < -0.39 is 48.0 Å². The molecule has 0 aliphatic heterocycles. The van der Waals surface area contributed by atoms with Crippen LogP contribution in [-0.2, 0) is 9.53 Å². The maximum absolute atomic E-state index is 13.9. The highest BCUT2D eigenvalue weighted by atomic mass is 19.4. The number of aliphatic hydroxyl groups is 1.